The molecule has 3 aromatic carbocycles. The summed E-state index contributed by atoms with van der Waals surface area (Å²) in [6, 6.07) is 15.8. The SMILES string of the molecule is CC(C)Oc1ccccc1-c1c(Cl)cc2[nH]c(C(CC(N)=O)c3ccc(S(=O)(=O)CC4CC4)cc3)nc2c1Cl. The fraction of sp³-hybridized carbons (Fsp3) is 0.310. The number of fused-ring (bicyclic) bond motifs is 1. The predicted octanol–water partition coefficient (Wildman–Crippen LogP) is 6.51. The van der Waals surface area contributed by atoms with E-state index in [4.69, 9.17) is 38.7 Å². The van der Waals surface area contributed by atoms with Crippen molar-refractivity contribution in [3.05, 3.63) is 76.0 Å². The molecule has 1 atom stereocenters. The van der Waals surface area contributed by atoms with Gasteiger partial charge in [-0.2, -0.15) is 0 Å². The molecule has 1 aliphatic rings. The summed E-state index contributed by atoms with van der Waals surface area (Å²) in [5.41, 5.74) is 8.73. The minimum atomic E-state index is -3.36. The number of ether oxygens (including phenoxy) is 1. The molecule has 1 aromatic heterocycles. The van der Waals surface area contributed by atoms with Gasteiger partial charge < -0.3 is 15.5 Å². The minimum Gasteiger partial charge on any atom is -0.490 e. The van der Waals surface area contributed by atoms with Crippen LogP contribution in [0.25, 0.3) is 22.2 Å². The number of nitrogens with zero attached hydrogens (tertiary/aromatic N) is 1. The van der Waals surface area contributed by atoms with Crippen LogP contribution >= 0.6 is 23.2 Å². The number of primary amides is 1. The summed E-state index contributed by atoms with van der Waals surface area (Å²) in [5.74, 6) is 0.473. The van der Waals surface area contributed by atoms with E-state index in [1.165, 1.54) is 0 Å². The van der Waals surface area contributed by atoms with E-state index in [-0.39, 0.29) is 29.1 Å². The largest absolute Gasteiger partial charge is 0.490 e. The van der Waals surface area contributed by atoms with Crippen LogP contribution in [-0.4, -0.2) is 36.1 Å². The van der Waals surface area contributed by atoms with Gasteiger partial charge in [0.2, 0.25) is 5.91 Å². The topological polar surface area (TPSA) is 115 Å². The molecule has 39 heavy (non-hydrogen) atoms. The minimum absolute atomic E-state index is 0.0305. The third kappa shape index (κ3) is 5.93. The lowest BCUT2D eigenvalue weighted by Gasteiger charge is -2.16. The Balaban J connectivity index is 1.55. The second kappa shape index (κ2) is 10.8. The van der Waals surface area contributed by atoms with E-state index in [1.54, 1.807) is 30.3 Å². The van der Waals surface area contributed by atoms with Crippen LogP contribution in [0.3, 0.4) is 0 Å². The molecule has 1 fully saturated rings. The maximum absolute atomic E-state index is 12.7. The molecule has 1 amide bonds. The monoisotopic (exact) mass is 585 g/mol. The number of hydrogen-bond acceptors (Lipinski definition) is 5. The molecule has 204 valence electrons. The molecule has 1 heterocycles. The predicted molar refractivity (Wildman–Crippen MR) is 154 cm³/mol. The molecule has 10 heteroatoms. The van der Waals surface area contributed by atoms with Crippen molar-refractivity contribution in [3.63, 3.8) is 0 Å². The second-order valence-electron chi connectivity index (χ2n) is 10.2. The number of para-hydroxylation sites is 1. The lowest BCUT2D eigenvalue weighted by molar-refractivity contribution is -0.118. The highest BCUT2D eigenvalue weighted by molar-refractivity contribution is 7.91. The van der Waals surface area contributed by atoms with Crippen molar-refractivity contribution in [2.24, 2.45) is 11.7 Å². The van der Waals surface area contributed by atoms with E-state index in [0.29, 0.717) is 43.8 Å². The van der Waals surface area contributed by atoms with Crippen molar-refractivity contribution in [2.45, 2.75) is 50.0 Å². The molecular formula is C29H29Cl2N3O4S. The first kappa shape index (κ1) is 27.5. The first-order valence-corrected chi connectivity index (χ1v) is 15.2. The molecule has 1 aliphatic carbocycles. The van der Waals surface area contributed by atoms with Gasteiger partial charge in [-0.15, -0.1) is 0 Å². The Labute approximate surface area is 237 Å². The average Bonchev–Trinajstić information content (AvgIpc) is 3.57. The van der Waals surface area contributed by atoms with Gasteiger partial charge in [-0.1, -0.05) is 53.5 Å². The summed E-state index contributed by atoms with van der Waals surface area (Å²) >= 11 is 13.6. The van der Waals surface area contributed by atoms with Gasteiger partial charge in [0.25, 0.3) is 0 Å². The first-order chi connectivity index (χ1) is 18.5. The molecule has 0 aliphatic heterocycles. The van der Waals surface area contributed by atoms with Crippen LogP contribution in [0, 0.1) is 5.92 Å². The van der Waals surface area contributed by atoms with E-state index in [0.717, 1.165) is 18.4 Å². The molecular weight excluding hydrogens is 557 g/mol. The molecule has 4 aromatic rings. The van der Waals surface area contributed by atoms with Gasteiger partial charge in [0.05, 0.1) is 38.2 Å². The number of rotatable bonds is 10. The number of sulfone groups is 1. The third-order valence-electron chi connectivity index (χ3n) is 6.74. The fourth-order valence-corrected chi connectivity index (χ4v) is 7.11. The molecule has 1 unspecified atom stereocenters. The number of H-pyrrole nitrogens is 1. The maximum atomic E-state index is 12.7. The van der Waals surface area contributed by atoms with E-state index in [9.17, 15) is 13.2 Å². The van der Waals surface area contributed by atoms with Gasteiger partial charge in [0.1, 0.15) is 17.1 Å². The molecule has 0 spiro atoms. The van der Waals surface area contributed by atoms with Crippen LogP contribution in [0.15, 0.2) is 59.5 Å². The number of aromatic amines is 1. The van der Waals surface area contributed by atoms with Gasteiger partial charge in [0, 0.05) is 17.5 Å². The molecule has 0 radical (unpaired) electrons. The zero-order chi connectivity index (χ0) is 27.9. The molecule has 1 saturated carbocycles. The zero-order valence-electron chi connectivity index (χ0n) is 21.6. The van der Waals surface area contributed by atoms with Crippen molar-refractivity contribution < 1.29 is 17.9 Å². The first-order valence-electron chi connectivity index (χ1n) is 12.8. The Kier molecular flexibility index (Phi) is 7.64. The highest BCUT2D eigenvalue weighted by atomic mass is 35.5. The Morgan fingerprint density at radius 2 is 1.82 bits per heavy atom. The summed E-state index contributed by atoms with van der Waals surface area (Å²) < 4.78 is 31.4. The number of amides is 1. The summed E-state index contributed by atoms with van der Waals surface area (Å²) in [5, 5.41) is 0.762. The van der Waals surface area contributed by atoms with E-state index < -0.39 is 21.7 Å². The Morgan fingerprint density at radius 1 is 1.13 bits per heavy atom. The average molecular weight is 587 g/mol. The number of nitrogens with one attached hydrogen (secondary N) is 1. The van der Waals surface area contributed by atoms with Crippen LogP contribution in [0.4, 0.5) is 0 Å². The van der Waals surface area contributed by atoms with Crippen LogP contribution in [0.5, 0.6) is 5.75 Å². The van der Waals surface area contributed by atoms with E-state index >= 15 is 0 Å². The quantitative estimate of drug-likeness (QED) is 0.220. The van der Waals surface area contributed by atoms with Crippen molar-refractivity contribution in [3.8, 4) is 16.9 Å². The molecule has 3 N–H and O–H groups in total. The normalized spacial score (nSPS) is 14.6. The third-order valence-corrected chi connectivity index (χ3v) is 9.30. The zero-order valence-corrected chi connectivity index (χ0v) is 23.9. The number of carbonyl (C=O) groups excluding carboxylic acids is 1. The number of halogens is 2. The number of hydrogen-bond donors (Lipinski definition) is 2. The van der Waals surface area contributed by atoms with Crippen LogP contribution in [0.1, 0.15) is 50.4 Å². The summed E-state index contributed by atoms with van der Waals surface area (Å²) in [4.78, 5) is 20.3. The Morgan fingerprint density at radius 3 is 2.46 bits per heavy atom. The summed E-state index contributed by atoms with van der Waals surface area (Å²) in [6.07, 6.45) is 1.83. The Hall–Kier alpha value is -3.07. The van der Waals surface area contributed by atoms with E-state index in [2.05, 4.69) is 4.98 Å². The molecule has 0 saturated heterocycles. The standard InChI is InChI=1S/C29H29Cl2N3O4S/c1-16(2)38-24-6-4-3-5-20(24)26-22(30)14-23-28(27(26)31)34-29(33-23)21(13-25(32)35)18-9-11-19(12-10-18)39(36,37)15-17-7-8-17/h3-6,9-12,14,16-17,21H,7-8,13,15H2,1-2H3,(H2,32,35)(H,33,34). The van der Waals surface area contributed by atoms with Gasteiger partial charge in [-0.3, -0.25) is 4.79 Å². The number of aromatic nitrogens is 2. The summed E-state index contributed by atoms with van der Waals surface area (Å²) in [6.45, 7) is 3.88. The van der Waals surface area contributed by atoms with Crippen molar-refractivity contribution in [2.75, 3.05) is 5.75 Å². The Bertz CT molecular complexity index is 1650. The lowest BCUT2D eigenvalue weighted by Crippen LogP contribution is -2.17. The second-order valence-corrected chi connectivity index (χ2v) is 13.1. The van der Waals surface area contributed by atoms with Gasteiger partial charge in [0.15, 0.2) is 9.84 Å². The number of benzene rings is 3. The fourth-order valence-electron chi connectivity index (χ4n) is 4.71. The number of imidazole rings is 1. The van der Waals surface area contributed by atoms with Gasteiger partial charge in [-0.25, -0.2) is 13.4 Å². The molecule has 7 nitrogen and oxygen atoms in total. The van der Waals surface area contributed by atoms with Crippen molar-refractivity contribution >= 4 is 50.0 Å². The summed E-state index contributed by atoms with van der Waals surface area (Å²) in [7, 11) is -3.36. The van der Waals surface area contributed by atoms with Crippen LogP contribution in [0.2, 0.25) is 10.0 Å². The number of nitrogens with two attached hydrogens (primary N) is 1. The molecule has 5 rings (SSSR count). The lowest BCUT2D eigenvalue weighted by atomic mass is 9.95. The van der Waals surface area contributed by atoms with Crippen molar-refractivity contribution in [1.29, 1.82) is 0 Å². The van der Waals surface area contributed by atoms with Gasteiger partial charge >= 0.3 is 0 Å². The smallest absolute Gasteiger partial charge is 0.218 e. The van der Waals surface area contributed by atoms with Gasteiger partial charge in [-0.05, 0) is 62.4 Å². The van der Waals surface area contributed by atoms with Crippen molar-refractivity contribution in [1.82, 2.24) is 9.97 Å². The molecule has 0 bridgehead atoms. The highest BCUT2D eigenvalue weighted by Crippen LogP contribution is 2.44. The highest BCUT2D eigenvalue weighted by Gasteiger charge is 2.30. The maximum Gasteiger partial charge on any atom is 0.218 e. The van der Waals surface area contributed by atoms with Crippen LogP contribution < -0.4 is 10.5 Å². The van der Waals surface area contributed by atoms with Crippen LogP contribution in [-0.2, 0) is 14.6 Å². The van der Waals surface area contributed by atoms with E-state index in [1.807, 2.05) is 38.1 Å². The number of carbonyl (C=O) groups is 1.